The molecule has 2 aliphatic rings. The minimum absolute atomic E-state index is 0.0906. The number of likely N-dealkylation sites (tertiary alicyclic amines) is 2. The van der Waals surface area contributed by atoms with E-state index in [1.165, 1.54) is 6.42 Å². The van der Waals surface area contributed by atoms with Gasteiger partial charge in [-0.2, -0.15) is 0 Å². The Bertz CT molecular complexity index is 408. The molecule has 0 spiro atoms. The van der Waals surface area contributed by atoms with Crippen LogP contribution < -0.4 is 5.32 Å². The van der Waals surface area contributed by atoms with Crippen LogP contribution in [-0.2, 0) is 14.3 Å². The van der Waals surface area contributed by atoms with Crippen molar-refractivity contribution < 1.29 is 14.3 Å². The second kappa shape index (κ2) is 9.99. The van der Waals surface area contributed by atoms with Crippen LogP contribution >= 0.6 is 0 Å². The molecule has 0 aromatic rings. The maximum atomic E-state index is 12.5. The molecule has 2 aliphatic heterocycles. The lowest BCUT2D eigenvalue weighted by atomic mass is 9.95. The number of nitrogens with one attached hydrogen (secondary N) is 1. The average molecular weight is 339 g/mol. The minimum atomic E-state index is 0.0906. The Morgan fingerprint density at radius 3 is 2.54 bits per heavy atom. The first kappa shape index (κ1) is 19.2. The summed E-state index contributed by atoms with van der Waals surface area (Å²) in [5.74, 6) is 0.499. The van der Waals surface area contributed by atoms with E-state index in [2.05, 4.69) is 17.1 Å². The standard InChI is InChI=1S/C18H33N3O3/c1-15-6-3-4-10-21(15)17(22)14-20-11-7-16(8-12-20)18(23)19-9-5-13-24-2/h15-16H,3-14H2,1-2H3,(H,19,23). The maximum absolute atomic E-state index is 12.5. The summed E-state index contributed by atoms with van der Waals surface area (Å²) >= 11 is 0. The predicted molar refractivity (Wildman–Crippen MR) is 93.7 cm³/mol. The topological polar surface area (TPSA) is 61.9 Å². The van der Waals surface area contributed by atoms with Gasteiger partial charge in [0.1, 0.15) is 0 Å². The number of amides is 2. The number of carbonyl (C=O) groups excluding carboxylic acids is 2. The van der Waals surface area contributed by atoms with Crippen LogP contribution in [-0.4, -0.2) is 74.1 Å². The predicted octanol–water partition coefficient (Wildman–Crippen LogP) is 1.25. The van der Waals surface area contributed by atoms with Crippen molar-refractivity contribution in [2.45, 2.75) is 51.5 Å². The third-order valence-corrected chi connectivity index (χ3v) is 5.27. The average Bonchev–Trinajstić information content (AvgIpc) is 2.59. The maximum Gasteiger partial charge on any atom is 0.236 e. The first-order valence-corrected chi connectivity index (χ1v) is 9.40. The Kier molecular flexibility index (Phi) is 7.99. The zero-order chi connectivity index (χ0) is 17.4. The van der Waals surface area contributed by atoms with Crippen LogP contribution in [0.15, 0.2) is 0 Å². The SMILES string of the molecule is COCCCNC(=O)C1CCN(CC(=O)N2CCCCC2C)CC1. The van der Waals surface area contributed by atoms with E-state index in [0.717, 1.165) is 51.7 Å². The highest BCUT2D eigenvalue weighted by atomic mass is 16.5. The molecule has 0 saturated carbocycles. The first-order valence-electron chi connectivity index (χ1n) is 9.40. The fourth-order valence-electron chi connectivity index (χ4n) is 3.68. The number of methoxy groups -OCH3 is 1. The van der Waals surface area contributed by atoms with Gasteiger partial charge in [0.15, 0.2) is 0 Å². The molecule has 0 aliphatic carbocycles. The summed E-state index contributed by atoms with van der Waals surface area (Å²) in [6, 6.07) is 0.377. The Morgan fingerprint density at radius 2 is 1.88 bits per heavy atom. The van der Waals surface area contributed by atoms with Crippen LogP contribution in [0.2, 0.25) is 0 Å². The Balaban J connectivity index is 1.66. The zero-order valence-corrected chi connectivity index (χ0v) is 15.3. The van der Waals surface area contributed by atoms with E-state index in [4.69, 9.17) is 4.74 Å². The molecule has 6 heteroatoms. The van der Waals surface area contributed by atoms with Gasteiger partial charge in [0, 0.05) is 38.8 Å². The molecule has 1 atom stereocenters. The molecule has 2 rings (SSSR count). The lowest BCUT2D eigenvalue weighted by Crippen LogP contribution is -2.49. The van der Waals surface area contributed by atoms with Gasteiger partial charge >= 0.3 is 0 Å². The molecule has 1 N–H and O–H groups in total. The summed E-state index contributed by atoms with van der Waals surface area (Å²) in [4.78, 5) is 28.9. The van der Waals surface area contributed by atoms with Gasteiger partial charge in [-0.05, 0) is 58.5 Å². The van der Waals surface area contributed by atoms with Crippen LogP contribution in [0, 0.1) is 5.92 Å². The highest BCUT2D eigenvalue weighted by molar-refractivity contribution is 5.79. The van der Waals surface area contributed by atoms with Gasteiger partial charge < -0.3 is 15.0 Å². The summed E-state index contributed by atoms with van der Waals surface area (Å²) in [5, 5.41) is 2.99. The lowest BCUT2D eigenvalue weighted by Gasteiger charge is -2.36. The van der Waals surface area contributed by atoms with Crippen LogP contribution in [0.1, 0.15) is 45.4 Å². The summed E-state index contributed by atoms with van der Waals surface area (Å²) < 4.78 is 4.98. The highest BCUT2D eigenvalue weighted by Gasteiger charge is 2.28. The van der Waals surface area contributed by atoms with Crippen molar-refractivity contribution in [3.8, 4) is 0 Å². The van der Waals surface area contributed by atoms with Crippen LogP contribution in [0.5, 0.6) is 0 Å². The lowest BCUT2D eigenvalue weighted by molar-refractivity contribution is -0.136. The van der Waals surface area contributed by atoms with Crippen molar-refractivity contribution in [3.63, 3.8) is 0 Å². The number of hydrogen-bond acceptors (Lipinski definition) is 4. The number of ether oxygens (including phenoxy) is 1. The number of piperidine rings is 2. The molecule has 2 heterocycles. The van der Waals surface area contributed by atoms with Crippen LogP contribution in [0.4, 0.5) is 0 Å². The number of carbonyl (C=O) groups is 2. The molecule has 0 aromatic heterocycles. The zero-order valence-electron chi connectivity index (χ0n) is 15.3. The van der Waals surface area contributed by atoms with Crippen molar-refractivity contribution in [1.29, 1.82) is 0 Å². The summed E-state index contributed by atoms with van der Waals surface area (Å²) in [7, 11) is 1.67. The van der Waals surface area contributed by atoms with Crippen molar-refractivity contribution in [3.05, 3.63) is 0 Å². The van der Waals surface area contributed by atoms with E-state index in [0.29, 0.717) is 25.7 Å². The molecule has 6 nitrogen and oxygen atoms in total. The van der Waals surface area contributed by atoms with Crippen LogP contribution in [0.3, 0.4) is 0 Å². The monoisotopic (exact) mass is 339 g/mol. The molecule has 2 saturated heterocycles. The molecule has 24 heavy (non-hydrogen) atoms. The Hall–Kier alpha value is -1.14. The Morgan fingerprint density at radius 1 is 1.12 bits per heavy atom. The fraction of sp³-hybridized carbons (Fsp3) is 0.889. The van der Waals surface area contributed by atoms with Gasteiger partial charge in [-0.15, -0.1) is 0 Å². The number of hydrogen-bond donors (Lipinski definition) is 1. The van der Waals surface area contributed by atoms with Crippen molar-refractivity contribution in [2.75, 3.05) is 46.4 Å². The third-order valence-electron chi connectivity index (χ3n) is 5.27. The van der Waals surface area contributed by atoms with Crippen LogP contribution in [0.25, 0.3) is 0 Å². The van der Waals surface area contributed by atoms with E-state index in [9.17, 15) is 9.59 Å². The second-order valence-corrected chi connectivity index (χ2v) is 7.12. The van der Waals surface area contributed by atoms with Crippen molar-refractivity contribution >= 4 is 11.8 Å². The van der Waals surface area contributed by atoms with E-state index in [1.807, 2.05) is 4.90 Å². The molecule has 2 fully saturated rings. The summed E-state index contributed by atoms with van der Waals surface area (Å²) in [5.41, 5.74) is 0. The van der Waals surface area contributed by atoms with Gasteiger partial charge in [0.2, 0.25) is 11.8 Å². The van der Waals surface area contributed by atoms with Crippen molar-refractivity contribution in [2.24, 2.45) is 5.92 Å². The third kappa shape index (κ3) is 5.74. The molecule has 0 radical (unpaired) electrons. The molecular weight excluding hydrogens is 306 g/mol. The van der Waals surface area contributed by atoms with Crippen molar-refractivity contribution in [1.82, 2.24) is 15.1 Å². The molecule has 1 unspecified atom stereocenters. The van der Waals surface area contributed by atoms with E-state index in [1.54, 1.807) is 7.11 Å². The first-order chi connectivity index (χ1) is 11.6. The van der Waals surface area contributed by atoms with Gasteiger partial charge in [-0.3, -0.25) is 14.5 Å². The number of rotatable bonds is 7. The van der Waals surface area contributed by atoms with E-state index in [-0.39, 0.29) is 17.7 Å². The number of nitrogens with zero attached hydrogens (tertiary/aromatic N) is 2. The highest BCUT2D eigenvalue weighted by Crippen LogP contribution is 2.20. The molecule has 0 bridgehead atoms. The quantitative estimate of drug-likeness (QED) is 0.709. The van der Waals surface area contributed by atoms with E-state index >= 15 is 0 Å². The molecule has 138 valence electrons. The largest absolute Gasteiger partial charge is 0.385 e. The van der Waals surface area contributed by atoms with Gasteiger partial charge in [0.05, 0.1) is 6.54 Å². The minimum Gasteiger partial charge on any atom is -0.385 e. The van der Waals surface area contributed by atoms with Gasteiger partial charge in [0.25, 0.3) is 0 Å². The Labute approximate surface area is 145 Å². The molecule has 2 amide bonds. The van der Waals surface area contributed by atoms with Gasteiger partial charge in [-0.25, -0.2) is 0 Å². The molecular formula is C18H33N3O3. The summed E-state index contributed by atoms with van der Waals surface area (Å²) in [6.07, 6.45) is 6.02. The second-order valence-electron chi connectivity index (χ2n) is 7.12. The van der Waals surface area contributed by atoms with Gasteiger partial charge in [-0.1, -0.05) is 0 Å². The fourth-order valence-corrected chi connectivity index (χ4v) is 3.68. The smallest absolute Gasteiger partial charge is 0.236 e. The normalized spacial score (nSPS) is 23.2. The summed E-state index contributed by atoms with van der Waals surface area (Å²) in [6.45, 7) is 6.59. The molecule has 0 aromatic carbocycles. The van der Waals surface area contributed by atoms with E-state index < -0.39 is 0 Å².